The van der Waals surface area contributed by atoms with Gasteiger partial charge < -0.3 is 10.6 Å². The highest BCUT2D eigenvalue weighted by atomic mass is 35.5. The standard InChI is InChI=1S/C16H16Cl2N4O4S/c17-11-7-12(18)9-13(8-11)20-15-2-1-14(22(23)24)10-16(15)27(25,26)21-5-3-19-4-6-21/h1-2,7-10,19-20H,3-6H2. The Morgan fingerprint density at radius 1 is 1.07 bits per heavy atom. The van der Waals surface area contributed by atoms with E-state index in [1.54, 1.807) is 18.2 Å². The summed E-state index contributed by atoms with van der Waals surface area (Å²) in [5.74, 6) is 0. The fourth-order valence-electron chi connectivity index (χ4n) is 2.75. The summed E-state index contributed by atoms with van der Waals surface area (Å²) in [5, 5.41) is 17.9. The minimum absolute atomic E-state index is 0.172. The Kier molecular flexibility index (Phi) is 5.87. The Balaban J connectivity index is 2.06. The Morgan fingerprint density at radius 2 is 1.70 bits per heavy atom. The number of anilines is 2. The van der Waals surface area contributed by atoms with Crippen molar-refractivity contribution < 1.29 is 13.3 Å². The molecule has 1 saturated heterocycles. The lowest BCUT2D eigenvalue weighted by atomic mass is 10.2. The molecule has 1 aliphatic heterocycles. The molecule has 3 rings (SSSR count). The molecule has 0 aliphatic carbocycles. The van der Waals surface area contributed by atoms with Gasteiger partial charge in [0.1, 0.15) is 4.90 Å². The van der Waals surface area contributed by atoms with E-state index in [1.165, 1.54) is 16.4 Å². The molecule has 27 heavy (non-hydrogen) atoms. The van der Waals surface area contributed by atoms with Crippen LogP contribution in [0.2, 0.25) is 10.0 Å². The third kappa shape index (κ3) is 4.50. The van der Waals surface area contributed by atoms with E-state index in [1.807, 2.05) is 0 Å². The molecule has 0 spiro atoms. The first kappa shape index (κ1) is 19.8. The van der Waals surface area contributed by atoms with Crippen LogP contribution < -0.4 is 10.6 Å². The molecule has 1 fully saturated rings. The van der Waals surface area contributed by atoms with Crippen molar-refractivity contribution in [2.75, 3.05) is 31.5 Å². The zero-order chi connectivity index (χ0) is 19.6. The largest absolute Gasteiger partial charge is 0.354 e. The molecule has 0 atom stereocenters. The smallest absolute Gasteiger partial charge is 0.270 e. The maximum Gasteiger partial charge on any atom is 0.270 e. The third-order valence-electron chi connectivity index (χ3n) is 4.01. The topological polar surface area (TPSA) is 105 Å². The normalized spacial score (nSPS) is 15.5. The van der Waals surface area contributed by atoms with Gasteiger partial charge in [0.15, 0.2) is 0 Å². The third-order valence-corrected chi connectivity index (χ3v) is 6.39. The molecule has 144 valence electrons. The molecule has 0 bridgehead atoms. The number of non-ortho nitro benzene ring substituents is 1. The number of benzene rings is 2. The zero-order valence-electron chi connectivity index (χ0n) is 14.0. The Morgan fingerprint density at radius 3 is 2.30 bits per heavy atom. The maximum absolute atomic E-state index is 13.1. The van der Waals surface area contributed by atoms with Gasteiger partial charge in [0.2, 0.25) is 10.0 Å². The van der Waals surface area contributed by atoms with Crippen LogP contribution in [-0.2, 0) is 10.0 Å². The van der Waals surface area contributed by atoms with Gasteiger partial charge in [-0.05, 0) is 24.3 Å². The van der Waals surface area contributed by atoms with Crippen LogP contribution in [0.25, 0.3) is 0 Å². The molecular weight excluding hydrogens is 415 g/mol. The summed E-state index contributed by atoms with van der Waals surface area (Å²) in [7, 11) is -3.93. The minimum Gasteiger partial charge on any atom is -0.354 e. The van der Waals surface area contributed by atoms with Crippen LogP contribution in [0.3, 0.4) is 0 Å². The highest BCUT2D eigenvalue weighted by Crippen LogP contribution is 2.33. The number of piperazine rings is 1. The number of rotatable bonds is 5. The molecule has 0 aromatic heterocycles. The average Bonchev–Trinajstić information content (AvgIpc) is 2.61. The van der Waals surface area contributed by atoms with E-state index in [-0.39, 0.29) is 29.4 Å². The molecule has 1 heterocycles. The van der Waals surface area contributed by atoms with Crippen molar-refractivity contribution >= 4 is 50.3 Å². The van der Waals surface area contributed by atoms with Gasteiger partial charge in [0.05, 0.1) is 10.6 Å². The molecule has 2 aromatic carbocycles. The van der Waals surface area contributed by atoms with Crippen LogP contribution in [0.4, 0.5) is 17.1 Å². The monoisotopic (exact) mass is 430 g/mol. The van der Waals surface area contributed by atoms with Crippen molar-refractivity contribution in [1.82, 2.24) is 9.62 Å². The average molecular weight is 431 g/mol. The van der Waals surface area contributed by atoms with Gasteiger partial charge in [-0.2, -0.15) is 4.31 Å². The summed E-state index contributed by atoms with van der Waals surface area (Å²) in [6.45, 7) is 1.60. The SMILES string of the molecule is O=[N+]([O-])c1ccc(Nc2cc(Cl)cc(Cl)c2)c(S(=O)(=O)N2CCNCC2)c1. The molecule has 0 saturated carbocycles. The lowest BCUT2D eigenvalue weighted by Gasteiger charge is -2.27. The molecule has 0 amide bonds. The van der Waals surface area contributed by atoms with Gasteiger partial charge in [-0.15, -0.1) is 0 Å². The van der Waals surface area contributed by atoms with E-state index < -0.39 is 14.9 Å². The highest BCUT2D eigenvalue weighted by Gasteiger charge is 2.30. The summed E-state index contributed by atoms with van der Waals surface area (Å²) >= 11 is 12.0. The van der Waals surface area contributed by atoms with Gasteiger partial charge >= 0.3 is 0 Å². The van der Waals surface area contributed by atoms with E-state index in [0.717, 1.165) is 6.07 Å². The molecule has 0 unspecified atom stereocenters. The van der Waals surface area contributed by atoms with Gasteiger partial charge in [-0.3, -0.25) is 10.1 Å². The summed E-state index contributed by atoms with van der Waals surface area (Å²) in [5.41, 5.74) is 0.369. The molecule has 11 heteroatoms. The molecule has 2 aromatic rings. The molecule has 2 N–H and O–H groups in total. The Bertz CT molecular complexity index is 958. The second kappa shape index (κ2) is 7.99. The van der Waals surface area contributed by atoms with Gasteiger partial charge in [-0.1, -0.05) is 23.2 Å². The van der Waals surface area contributed by atoms with E-state index in [0.29, 0.717) is 28.8 Å². The molecule has 0 radical (unpaired) electrons. The molecular formula is C16H16Cl2N4O4S. The van der Waals surface area contributed by atoms with Crippen molar-refractivity contribution in [3.05, 3.63) is 56.6 Å². The zero-order valence-corrected chi connectivity index (χ0v) is 16.3. The number of sulfonamides is 1. The van der Waals surface area contributed by atoms with Crippen molar-refractivity contribution in [1.29, 1.82) is 0 Å². The number of hydrogen-bond acceptors (Lipinski definition) is 6. The predicted molar refractivity (Wildman–Crippen MR) is 104 cm³/mol. The first-order valence-electron chi connectivity index (χ1n) is 8.00. The second-order valence-corrected chi connectivity index (χ2v) is 8.65. The summed E-state index contributed by atoms with van der Waals surface area (Å²) in [4.78, 5) is 10.3. The van der Waals surface area contributed by atoms with Crippen molar-refractivity contribution in [3.8, 4) is 0 Å². The summed E-state index contributed by atoms with van der Waals surface area (Å²) in [6.07, 6.45) is 0. The number of nitrogens with zero attached hydrogens (tertiary/aromatic N) is 2. The minimum atomic E-state index is -3.93. The van der Waals surface area contributed by atoms with Crippen LogP contribution >= 0.6 is 23.2 Å². The fraction of sp³-hybridized carbons (Fsp3) is 0.250. The van der Waals surface area contributed by atoms with Crippen LogP contribution in [0.5, 0.6) is 0 Å². The lowest BCUT2D eigenvalue weighted by molar-refractivity contribution is -0.385. The highest BCUT2D eigenvalue weighted by molar-refractivity contribution is 7.89. The van der Waals surface area contributed by atoms with E-state index in [9.17, 15) is 18.5 Å². The molecule has 1 aliphatic rings. The van der Waals surface area contributed by atoms with Crippen molar-refractivity contribution in [2.45, 2.75) is 4.90 Å². The quantitative estimate of drug-likeness (QED) is 0.557. The van der Waals surface area contributed by atoms with Crippen molar-refractivity contribution in [3.63, 3.8) is 0 Å². The Labute approximate surface area is 166 Å². The maximum atomic E-state index is 13.1. The van der Waals surface area contributed by atoms with Crippen molar-refractivity contribution in [2.24, 2.45) is 0 Å². The van der Waals surface area contributed by atoms with Crippen LogP contribution in [-0.4, -0.2) is 43.8 Å². The number of hydrogen-bond donors (Lipinski definition) is 2. The molecule has 8 nitrogen and oxygen atoms in total. The summed E-state index contributed by atoms with van der Waals surface area (Å²) < 4.78 is 27.5. The van der Waals surface area contributed by atoms with E-state index in [2.05, 4.69) is 10.6 Å². The lowest BCUT2D eigenvalue weighted by Crippen LogP contribution is -2.46. The summed E-state index contributed by atoms with van der Waals surface area (Å²) in [6, 6.07) is 8.37. The van der Waals surface area contributed by atoms with Gasteiger partial charge in [0.25, 0.3) is 5.69 Å². The van der Waals surface area contributed by atoms with Crippen LogP contribution in [0.15, 0.2) is 41.3 Å². The number of halogens is 2. The van der Waals surface area contributed by atoms with Gasteiger partial charge in [0, 0.05) is 54.0 Å². The number of nitro groups is 1. The van der Waals surface area contributed by atoms with Crippen LogP contribution in [0, 0.1) is 10.1 Å². The first-order valence-corrected chi connectivity index (χ1v) is 10.2. The first-order chi connectivity index (χ1) is 12.8. The Hall–Kier alpha value is -1.91. The second-order valence-electron chi connectivity index (χ2n) is 5.87. The number of nitrogens with one attached hydrogen (secondary N) is 2. The van der Waals surface area contributed by atoms with E-state index in [4.69, 9.17) is 23.2 Å². The number of nitro benzene ring substituents is 1. The fourth-order valence-corrected chi connectivity index (χ4v) is 4.88. The predicted octanol–water partition coefficient (Wildman–Crippen LogP) is 3.24. The van der Waals surface area contributed by atoms with E-state index >= 15 is 0 Å². The van der Waals surface area contributed by atoms with Gasteiger partial charge in [-0.25, -0.2) is 8.42 Å². The van der Waals surface area contributed by atoms with Crippen LogP contribution in [0.1, 0.15) is 0 Å².